The topological polar surface area (TPSA) is 80.6 Å². The summed E-state index contributed by atoms with van der Waals surface area (Å²) in [7, 11) is 0. The van der Waals surface area contributed by atoms with Crippen LogP contribution in [0.5, 0.6) is 0 Å². The number of benzene rings is 2. The predicted molar refractivity (Wildman–Crippen MR) is 138 cm³/mol. The molecule has 0 saturated carbocycles. The fraction of sp³-hybridized carbons (Fsp3) is 0.370. The van der Waals surface area contributed by atoms with E-state index in [-0.39, 0.29) is 29.6 Å². The SMILES string of the molecule is CC(C)(C)OC(=O)N1CC(Cn2ccc3c(NC(=O)Cc4ccc(Cl)c(C(F)(F)F)c4)cccc3c2=O)C1. The van der Waals surface area contributed by atoms with Crippen molar-refractivity contribution in [2.45, 2.75) is 45.5 Å². The van der Waals surface area contributed by atoms with Crippen molar-refractivity contribution >= 4 is 40.1 Å². The number of likely N-dealkylation sites (tertiary alicyclic amines) is 1. The fourth-order valence-electron chi connectivity index (χ4n) is 4.29. The molecule has 1 aliphatic rings. The molecule has 1 N–H and O–H groups in total. The lowest BCUT2D eigenvalue weighted by Gasteiger charge is -2.40. The van der Waals surface area contributed by atoms with E-state index >= 15 is 0 Å². The van der Waals surface area contributed by atoms with Crippen molar-refractivity contribution in [3.8, 4) is 0 Å². The third-order valence-corrected chi connectivity index (χ3v) is 6.39. The number of aromatic nitrogens is 1. The molecule has 202 valence electrons. The first kappa shape index (κ1) is 27.5. The second-order valence-corrected chi connectivity index (χ2v) is 10.7. The van der Waals surface area contributed by atoms with E-state index in [4.69, 9.17) is 16.3 Å². The molecular weight excluding hydrogens is 523 g/mol. The summed E-state index contributed by atoms with van der Waals surface area (Å²) in [4.78, 5) is 39.5. The van der Waals surface area contributed by atoms with Crippen LogP contribution in [-0.2, 0) is 28.7 Å². The molecule has 0 unspecified atom stereocenters. The van der Waals surface area contributed by atoms with Gasteiger partial charge in [0.25, 0.3) is 5.56 Å². The van der Waals surface area contributed by atoms with Gasteiger partial charge in [-0.05, 0) is 56.7 Å². The Kier molecular flexibility index (Phi) is 7.47. The summed E-state index contributed by atoms with van der Waals surface area (Å²) in [5.74, 6) is -0.435. The fourth-order valence-corrected chi connectivity index (χ4v) is 4.51. The minimum absolute atomic E-state index is 0.0986. The third-order valence-electron chi connectivity index (χ3n) is 6.06. The number of hydrogen-bond acceptors (Lipinski definition) is 4. The van der Waals surface area contributed by atoms with Gasteiger partial charge in [-0.2, -0.15) is 13.2 Å². The molecule has 3 aromatic rings. The van der Waals surface area contributed by atoms with Crippen LogP contribution in [0.2, 0.25) is 5.02 Å². The second-order valence-electron chi connectivity index (χ2n) is 10.3. The third kappa shape index (κ3) is 6.30. The lowest BCUT2D eigenvalue weighted by atomic mass is 10.0. The zero-order valence-electron chi connectivity index (χ0n) is 21.1. The van der Waals surface area contributed by atoms with E-state index in [2.05, 4.69) is 5.32 Å². The summed E-state index contributed by atoms with van der Waals surface area (Å²) in [5.41, 5.74) is -1.30. The Hall–Kier alpha value is -3.53. The Labute approximate surface area is 222 Å². The van der Waals surface area contributed by atoms with Crippen LogP contribution in [-0.4, -0.2) is 40.2 Å². The molecule has 1 aliphatic heterocycles. The van der Waals surface area contributed by atoms with Gasteiger partial charge in [0.2, 0.25) is 5.91 Å². The molecule has 1 saturated heterocycles. The lowest BCUT2D eigenvalue weighted by molar-refractivity contribution is -0.137. The Morgan fingerprint density at radius 3 is 2.45 bits per heavy atom. The minimum atomic E-state index is -4.63. The second kappa shape index (κ2) is 10.3. The standard InChI is InChI=1S/C27H27ClF3N3O4/c1-26(2,3)38-25(37)34-14-17(15-34)13-33-10-9-18-19(24(33)36)5-4-6-22(18)32-23(35)12-16-7-8-21(28)20(11-16)27(29,30)31/h4-11,17H,12-15H2,1-3H3,(H,32,35). The van der Waals surface area contributed by atoms with Crippen LogP contribution < -0.4 is 10.9 Å². The van der Waals surface area contributed by atoms with E-state index in [1.54, 1.807) is 60.7 Å². The number of hydrogen-bond donors (Lipinski definition) is 1. The van der Waals surface area contributed by atoms with Crippen LogP contribution >= 0.6 is 11.6 Å². The highest BCUT2D eigenvalue weighted by Gasteiger charge is 2.34. The highest BCUT2D eigenvalue weighted by Crippen LogP contribution is 2.35. The largest absolute Gasteiger partial charge is 0.444 e. The number of alkyl halides is 3. The molecule has 11 heteroatoms. The normalized spacial score (nSPS) is 14.3. The van der Waals surface area contributed by atoms with Crippen LogP contribution in [0.3, 0.4) is 0 Å². The van der Waals surface area contributed by atoms with E-state index in [1.165, 1.54) is 6.07 Å². The molecule has 0 aliphatic carbocycles. The highest BCUT2D eigenvalue weighted by atomic mass is 35.5. The molecule has 0 radical (unpaired) electrons. The van der Waals surface area contributed by atoms with Gasteiger partial charge in [0.15, 0.2) is 0 Å². The van der Waals surface area contributed by atoms with Crippen LogP contribution in [0, 0.1) is 5.92 Å². The highest BCUT2D eigenvalue weighted by molar-refractivity contribution is 6.31. The molecule has 2 aromatic carbocycles. The van der Waals surface area contributed by atoms with Crippen LogP contribution in [0.4, 0.5) is 23.7 Å². The van der Waals surface area contributed by atoms with E-state index in [9.17, 15) is 27.6 Å². The zero-order chi connectivity index (χ0) is 27.8. The summed E-state index contributed by atoms with van der Waals surface area (Å²) >= 11 is 5.65. The number of halogens is 4. The number of carbonyl (C=O) groups is 2. The van der Waals surface area contributed by atoms with Crippen LogP contribution in [0.1, 0.15) is 31.9 Å². The molecule has 1 fully saturated rings. The van der Waals surface area contributed by atoms with E-state index in [1.807, 2.05) is 0 Å². The van der Waals surface area contributed by atoms with Crippen molar-refractivity contribution in [2.24, 2.45) is 5.92 Å². The van der Waals surface area contributed by atoms with Crippen molar-refractivity contribution in [3.63, 3.8) is 0 Å². The van der Waals surface area contributed by atoms with Crippen molar-refractivity contribution in [3.05, 3.63) is 75.2 Å². The average Bonchev–Trinajstić information content (AvgIpc) is 2.77. The van der Waals surface area contributed by atoms with E-state index in [0.717, 1.165) is 12.1 Å². The molecule has 4 rings (SSSR count). The maximum Gasteiger partial charge on any atom is 0.417 e. The zero-order valence-corrected chi connectivity index (χ0v) is 21.8. The van der Waals surface area contributed by atoms with Gasteiger partial charge in [-0.15, -0.1) is 0 Å². The Balaban J connectivity index is 1.44. The number of anilines is 1. The molecule has 1 aromatic heterocycles. The molecule has 2 amide bonds. The monoisotopic (exact) mass is 549 g/mol. The van der Waals surface area contributed by atoms with Gasteiger partial charge in [-0.1, -0.05) is 23.7 Å². The summed E-state index contributed by atoms with van der Waals surface area (Å²) in [6, 6.07) is 9.94. The number of rotatable bonds is 5. The molecule has 0 spiro atoms. The average molecular weight is 550 g/mol. The molecule has 7 nitrogen and oxygen atoms in total. The molecular formula is C27H27ClF3N3O4. The molecule has 2 heterocycles. The number of nitrogens with zero attached hydrogens (tertiary/aromatic N) is 2. The van der Waals surface area contributed by atoms with Gasteiger partial charge in [0.1, 0.15) is 5.60 Å². The quantitative estimate of drug-likeness (QED) is 0.441. The first-order valence-corrected chi connectivity index (χ1v) is 12.3. The van der Waals surface area contributed by atoms with Crippen molar-refractivity contribution < 1.29 is 27.5 Å². The Bertz CT molecular complexity index is 1440. The number of amides is 2. The summed E-state index contributed by atoms with van der Waals surface area (Å²) in [6.07, 6.45) is -3.69. The van der Waals surface area contributed by atoms with Crippen molar-refractivity contribution in [2.75, 3.05) is 18.4 Å². The molecule has 0 atom stereocenters. The Morgan fingerprint density at radius 1 is 1.08 bits per heavy atom. The first-order valence-electron chi connectivity index (χ1n) is 12.0. The van der Waals surface area contributed by atoms with E-state index in [0.29, 0.717) is 36.1 Å². The summed E-state index contributed by atoms with van der Waals surface area (Å²) < 4.78 is 46.3. The van der Waals surface area contributed by atoms with Gasteiger partial charge in [-0.25, -0.2) is 4.79 Å². The maximum atomic E-state index is 13.1. The van der Waals surface area contributed by atoms with Gasteiger partial charge in [-0.3, -0.25) is 9.59 Å². The summed E-state index contributed by atoms with van der Waals surface area (Å²) in [5, 5.41) is 3.16. The Morgan fingerprint density at radius 2 is 1.79 bits per heavy atom. The minimum Gasteiger partial charge on any atom is -0.444 e. The van der Waals surface area contributed by atoms with Gasteiger partial charge < -0.3 is 19.5 Å². The predicted octanol–water partition coefficient (Wildman–Crippen LogP) is 5.72. The van der Waals surface area contributed by atoms with Crippen LogP contribution in [0.25, 0.3) is 10.8 Å². The maximum absolute atomic E-state index is 13.1. The smallest absolute Gasteiger partial charge is 0.417 e. The number of nitrogens with one attached hydrogen (secondary N) is 1. The van der Waals surface area contributed by atoms with Gasteiger partial charge in [0, 0.05) is 48.2 Å². The van der Waals surface area contributed by atoms with Gasteiger partial charge >= 0.3 is 12.3 Å². The van der Waals surface area contributed by atoms with Crippen molar-refractivity contribution in [1.82, 2.24) is 9.47 Å². The molecule has 38 heavy (non-hydrogen) atoms. The summed E-state index contributed by atoms with van der Waals surface area (Å²) in [6.45, 7) is 6.79. The number of ether oxygens (including phenoxy) is 1. The first-order chi connectivity index (χ1) is 17.7. The van der Waals surface area contributed by atoms with Crippen molar-refractivity contribution in [1.29, 1.82) is 0 Å². The van der Waals surface area contributed by atoms with E-state index < -0.39 is 28.3 Å². The van der Waals surface area contributed by atoms with Gasteiger partial charge in [0.05, 0.1) is 17.0 Å². The van der Waals surface area contributed by atoms with Crippen LogP contribution in [0.15, 0.2) is 53.5 Å². The number of carbonyl (C=O) groups excluding carboxylic acids is 2. The lowest BCUT2D eigenvalue weighted by Crippen LogP contribution is -2.53. The molecule has 0 bridgehead atoms. The number of pyridine rings is 1. The number of fused-ring (bicyclic) bond motifs is 1.